The maximum absolute atomic E-state index is 2.55. The minimum absolute atomic E-state index is 0.799. The minimum atomic E-state index is 0.799. The van der Waals surface area contributed by atoms with E-state index >= 15 is 0 Å². The molecule has 0 aliphatic heterocycles. The highest BCUT2D eigenvalue weighted by Crippen LogP contribution is 2.60. The van der Waals surface area contributed by atoms with Gasteiger partial charge < -0.3 is 0 Å². The van der Waals surface area contributed by atoms with Crippen molar-refractivity contribution in [1.82, 2.24) is 0 Å². The molecule has 0 heterocycles. The van der Waals surface area contributed by atoms with Crippen molar-refractivity contribution in [3.63, 3.8) is 0 Å². The second kappa shape index (κ2) is 9.44. The molecule has 2 aromatic carbocycles. The van der Waals surface area contributed by atoms with Gasteiger partial charge in [-0.05, 0) is 97.0 Å². The standard InChI is InChI=1S/C32H42S/c1-21-19-27-25(31(21)23-11-5-3-6-12-23)15-9-17-29(27)33-30-18-10-16-26-28(30)20-22(2)32(26)24-13-7-4-8-14-24/h3-8,11-14,21-22,25-32H,9-10,15-20H2,1-2H3. The molecule has 0 bridgehead atoms. The van der Waals surface area contributed by atoms with E-state index in [9.17, 15) is 0 Å². The number of hydrogen-bond acceptors (Lipinski definition) is 1. The zero-order valence-corrected chi connectivity index (χ0v) is 21.4. The van der Waals surface area contributed by atoms with Gasteiger partial charge in [0.15, 0.2) is 0 Å². The van der Waals surface area contributed by atoms with Crippen LogP contribution in [-0.4, -0.2) is 10.5 Å². The van der Waals surface area contributed by atoms with Gasteiger partial charge in [0.25, 0.3) is 0 Å². The van der Waals surface area contributed by atoms with Crippen LogP contribution < -0.4 is 0 Å². The second-order valence-corrected chi connectivity index (χ2v) is 13.5. The first-order valence-corrected chi connectivity index (χ1v) is 14.9. The molecule has 176 valence electrons. The van der Waals surface area contributed by atoms with Crippen LogP contribution in [0.15, 0.2) is 60.7 Å². The summed E-state index contributed by atoms with van der Waals surface area (Å²) in [4.78, 5) is 0. The van der Waals surface area contributed by atoms with Crippen molar-refractivity contribution in [3.8, 4) is 0 Å². The third kappa shape index (κ3) is 4.11. The molecule has 2 aromatic rings. The zero-order valence-electron chi connectivity index (χ0n) is 20.6. The first-order chi connectivity index (χ1) is 16.2. The van der Waals surface area contributed by atoms with E-state index in [1.54, 1.807) is 11.1 Å². The Morgan fingerprint density at radius 1 is 0.545 bits per heavy atom. The molecule has 4 fully saturated rings. The predicted octanol–water partition coefficient (Wildman–Crippen LogP) is 8.94. The topological polar surface area (TPSA) is 0 Å². The summed E-state index contributed by atoms with van der Waals surface area (Å²) in [5.74, 6) is 7.04. The third-order valence-electron chi connectivity index (χ3n) is 10.3. The summed E-state index contributed by atoms with van der Waals surface area (Å²) < 4.78 is 0. The zero-order chi connectivity index (χ0) is 22.4. The fourth-order valence-electron chi connectivity index (χ4n) is 9.12. The van der Waals surface area contributed by atoms with Crippen LogP contribution in [0.1, 0.15) is 88.2 Å². The van der Waals surface area contributed by atoms with Gasteiger partial charge in [-0.3, -0.25) is 0 Å². The van der Waals surface area contributed by atoms with E-state index in [-0.39, 0.29) is 0 Å². The largest absolute Gasteiger partial charge is 0.155 e. The molecule has 0 spiro atoms. The molecule has 0 aromatic heterocycles. The molecular weight excluding hydrogens is 416 g/mol. The number of hydrogen-bond donors (Lipinski definition) is 0. The van der Waals surface area contributed by atoms with Crippen molar-refractivity contribution in [2.24, 2.45) is 35.5 Å². The lowest BCUT2D eigenvalue weighted by molar-refractivity contribution is 0.254. The Morgan fingerprint density at radius 3 is 1.39 bits per heavy atom. The number of fused-ring (bicyclic) bond motifs is 2. The van der Waals surface area contributed by atoms with Crippen molar-refractivity contribution >= 4 is 11.8 Å². The number of benzene rings is 2. The van der Waals surface area contributed by atoms with Gasteiger partial charge >= 0.3 is 0 Å². The van der Waals surface area contributed by atoms with Crippen molar-refractivity contribution in [2.75, 3.05) is 0 Å². The van der Waals surface area contributed by atoms with E-state index in [1.165, 1.54) is 51.4 Å². The number of thioether (sulfide) groups is 1. The van der Waals surface area contributed by atoms with Gasteiger partial charge in [0, 0.05) is 10.5 Å². The second-order valence-electron chi connectivity index (χ2n) is 12.0. The van der Waals surface area contributed by atoms with Gasteiger partial charge in [-0.2, -0.15) is 11.8 Å². The van der Waals surface area contributed by atoms with Crippen LogP contribution >= 0.6 is 11.8 Å². The van der Waals surface area contributed by atoms with Crippen molar-refractivity contribution < 1.29 is 0 Å². The summed E-state index contributed by atoms with van der Waals surface area (Å²) in [6.45, 7) is 5.11. The van der Waals surface area contributed by atoms with Gasteiger partial charge in [0.2, 0.25) is 0 Å². The normalized spacial score (nSPS) is 42.6. The Balaban J connectivity index is 1.19. The van der Waals surface area contributed by atoms with E-state index in [0.717, 1.165) is 57.8 Å². The van der Waals surface area contributed by atoms with Crippen molar-refractivity contribution in [3.05, 3.63) is 71.8 Å². The molecule has 4 saturated carbocycles. The van der Waals surface area contributed by atoms with Crippen LogP contribution in [0, 0.1) is 35.5 Å². The fourth-order valence-corrected chi connectivity index (χ4v) is 11.2. The first-order valence-electron chi connectivity index (χ1n) is 14.0. The summed E-state index contributed by atoms with van der Waals surface area (Å²) in [6, 6.07) is 23.1. The molecule has 0 amide bonds. The number of rotatable bonds is 4. The summed E-state index contributed by atoms with van der Waals surface area (Å²) in [7, 11) is 0. The van der Waals surface area contributed by atoms with Crippen LogP contribution in [0.25, 0.3) is 0 Å². The minimum Gasteiger partial charge on any atom is -0.155 e. The lowest BCUT2D eigenvalue weighted by atomic mass is 9.74. The summed E-state index contributed by atoms with van der Waals surface area (Å²) in [6.07, 6.45) is 11.7. The SMILES string of the molecule is CC1CC2C(SC3CCCC4C3CC(C)C4c3ccccc3)CCCC2C1c1ccccc1. The molecule has 0 nitrogen and oxygen atoms in total. The average Bonchev–Trinajstić information content (AvgIpc) is 3.37. The van der Waals surface area contributed by atoms with Crippen molar-refractivity contribution in [1.29, 1.82) is 0 Å². The van der Waals surface area contributed by atoms with E-state index in [0.29, 0.717) is 0 Å². The summed E-state index contributed by atoms with van der Waals surface area (Å²) in [5, 5.41) is 1.82. The molecule has 33 heavy (non-hydrogen) atoms. The quantitative estimate of drug-likeness (QED) is 0.440. The van der Waals surface area contributed by atoms with Gasteiger partial charge in [-0.25, -0.2) is 0 Å². The highest BCUT2D eigenvalue weighted by Gasteiger charge is 2.50. The molecule has 4 aliphatic carbocycles. The molecule has 4 aliphatic rings. The highest BCUT2D eigenvalue weighted by atomic mass is 32.2. The molecule has 0 radical (unpaired) electrons. The van der Waals surface area contributed by atoms with E-state index in [2.05, 4.69) is 86.3 Å². The smallest absolute Gasteiger partial charge is 0.00811 e. The maximum Gasteiger partial charge on any atom is 0.00811 e. The van der Waals surface area contributed by atoms with E-state index < -0.39 is 0 Å². The fraction of sp³-hybridized carbons (Fsp3) is 0.625. The van der Waals surface area contributed by atoms with Crippen LogP contribution in [-0.2, 0) is 0 Å². The van der Waals surface area contributed by atoms with E-state index in [1.807, 2.05) is 0 Å². The summed E-state index contributed by atoms with van der Waals surface area (Å²) >= 11 is 2.49. The van der Waals surface area contributed by atoms with E-state index in [4.69, 9.17) is 0 Å². The Labute approximate surface area is 206 Å². The van der Waals surface area contributed by atoms with Gasteiger partial charge in [0.05, 0.1) is 0 Å². The van der Waals surface area contributed by atoms with Crippen LogP contribution in [0.5, 0.6) is 0 Å². The summed E-state index contributed by atoms with van der Waals surface area (Å²) in [5.41, 5.74) is 3.24. The Kier molecular flexibility index (Phi) is 6.37. The molecule has 6 rings (SSSR count). The molecule has 10 unspecified atom stereocenters. The monoisotopic (exact) mass is 458 g/mol. The Morgan fingerprint density at radius 2 is 0.970 bits per heavy atom. The lowest BCUT2D eigenvalue weighted by Gasteiger charge is -2.42. The maximum atomic E-state index is 2.55. The molecule has 0 saturated heterocycles. The van der Waals surface area contributed by atoms with Gasteiger partial charge in [-0.1, -0.05) is 87.4 Å². The van der Waals surface area contributed by atoms with Crippen LogP contribution in [0.3, 0.4) is 0 Å². The average molecular weight is 459 g/mol. The molecule has 10 atom stereocenters. The van der Waals surface area contributed by atoms with Crippen LogP contribution in [0.2, 0.25) is 0 Å². The Hall–Kier alpha value is -1.21. The highest BCUT2D eigenvalue weighted by molar-refractivity contribution is 8.00. The lowest BCUT2D eigenvalue weighted by Crippen LogP contribution is -2.34. The molecular formula is C32H42S. The first kappa shape index (κ1) is 22.3. The molecule has 0 N–H and O–H groups in total. The molecule has 1 heteroatoms. The third-order valence-corrected chi connectivity index (χ3v) is 12.1. The van der Waals surface area contributed by atoms with Crippen LogP contribution in [0.4, 0.5) is 0 Å². The van der Waals surface area contributed by atoms with Gasteiger partial charge in [-0.15, -0.1) is 0 Å². The van der Waals surface area contributed by atoms with Gasteiger partial charge in [0.1, 0.15) is 0 Å². The van der Waals surface area contributed by atoms with Crippen molar-refractivity contribution in [2.45, 2.75) is 87.5 Å². The Bertz CT molecular complexity index is 831. The predicted molar refractivity (Wildman–Crippen MR) is 143 cm³/mol.